The van der Waals surface area contributed by atoms with E-state index in [0.717, 1.165) is 0 Å². The lowest BCUT2D eigenvalue weighted by Gasteiger charge is -2.17. The van der Waals surface area contributed by atoms with Gasteiger partial charge in [-0.3, -0.25) is 4.79 Å². The molecule has 20 heavy (non-hydrogen) atoms. The molecule has 1 atom stereocenters. The van der Waals surface area contributed by atoms with Gasteiger partial charge in [0.2, 0.25) is 0 Å². The Morgan fingerprint density at radius 2 is 2.15 bits per heavy atom. The Morgan fingerprint density at radius 1 is 1.45 bits per heavy atom. The Hall–Kier alpha value is -2.44. The van der Waals surface area contributed by atoms with Crippen LogP contribution in [0.2, 0.25) is 0 Å². The van der Waals surface area contributed by atoms with Gasteiger partial charge in [-0.05, 0) is 24.6 Å². The lowest BCUT2D eigenvalue weighted by molar-refractivity contribution is 0.0942. The molecule has 0 saturated carbocycles. The lowest BCUT2D eigenvalue weighted by atomic mass is 10.1. The van der Waals surface area contributed by atoms with Crippen LogP contribution in [0.4, 0.5) is 0 Å². The summed E-state index contributed by atoms with van der Waals surface area (Å²) in [5.41, 5.74) is 5.83. The standard InChI is InChI=1S/C13H19N3O4/c1-4-10(12(14)16-18)15-13(17)9-7-8(19-2)5-6-11(9)20-3/h5-7,10,18H,4H2,1-3H3,(H2,14,16)(H,15,17). The molecule has 0 aliphatic heterocycles. The summed E-state index contributed by atoms with van der Waals surface area (Å²) < 4.78 is 10.2. The third-order valence-corrected chi connectivity index (χ3v) is 2.84. The van der Waals surface area contributed by atoms with Crippen LogP contribution in [0.5, 0.6) is 11.5 Å². The lowest BCUT2D eigenvalue weighted by Crippen LogP contribution is -2.44. The third kappa shape index (κ3) is 3.53. The van der Waals surface area contributed by atoms with Gasteiger partial charge in [0.05, 0.1) is 25.8 Å². The molecular formula is C13H19N3O4. The van der Waals surface area contributed by atoms with Crippen molar-refractivity contribution < 1.29 is 19.5 Å². The van der Waals surface area contributed by atoms with Gasteiger partial charge in [-0.2, -0.15) is 0 Å². The summed E-state index contributed by atoms with van der Waals surface area (Å²) in [4.78, 5) is 12.2. The first-order valence-corrected chi connectivity index (χ1v) is 6.07. The smallest absolute Gasteiger partial charge is 0.255 e. The second-order valence-corrected chi connectivity index (χ2v) is 4.03. The summed E-state index contributed by atoms with van der Waals surface area (Å²) in [6.07, 6.45) is 0.494. The van der Waals surface area contributed by atoms with Gasteiger partial charge in [0.1, 0.15) is 11.5 Å². The Balaban J connectivity index is 3.01. The number of methoxy groups -OCH3 is 2. The van der Waals surface area contributed by atoms with Crippen molar-refractivity contribution in [3.63, 3.8) is 0 Å². The van der Waals surface area contributed by atoms with E-state index in [0.29, 0.717) is 23.5 Å². The summed E-state index contributed by atoms with van der Waals surface area (Å²) in [5, 5.41) is 14.2. The highest BCUT2D eigenvalue weighted by Gasteiger charge is 2.19. The van der Waals surface area contributed by atoms with E-state index in [1.807, 2.05) is 6.92 Å². The number of hydrogen-bond acceptors (Lipinski definition) is 5. The minimum Gasteiger partial charge on any atom is -0.497 e. The molecule has 0 aliphatic rings. The fraction of sp³-hybridized carbons (Fsp3) is 0.385. The first-order valence-electron chi connectivity index (χ1n) is 6.07. The Labute approximate surface area is 117 Å². The number of hydrogen-bond donors (Lipinski definition) is 3. The van der Waals surface area contributed by atoms with Crippen LogP contribution >= 0.6 is 0 Å². The Morgan fingerprint density at radius 3 is 2.65 bits per heavy atom. The highest BCUT2D eigenvalue weighted by atomic mass is 16.5. The van der Waals surface area contributed by atoms with Crippen LogP contribution in [0.1, 0.15) is 23.7 Å². The van der Waals surface area contributed by atoms with Crippen molar-refractivity contribution in [1.82, 2.24) is 5.32 Å². The van der Waals surface area contributed by atoms with E-state index in [4.69, 9.17) is 20.4 Å². The molecule has 1 rings (SSSR count). The summed E-state index contributed by atoms with van der Waals surface area (Å²) in [6.45, 7) is 1.81. The van der Waals surface area contributed by atoms with Crippen LogP contribution in [0.15, 0.2) is 23.4 Å². The summed E-state index contributed by atoms with van der Waals surface area (Å²) in [5.74, 6) is 0.507. The molecule has 7 heteroatoms. The quantitative estimate of drug-likeness (QED) is 0.311. The van der Waals surface area contributed by atoms with Crippen LogP contribution in [0.3, 0.4) is 0 Å². The summed E-state index contributed by atoms with van der Waals surface area (Å²) >= 11 is 0. The van der Waals surface area contributed by atoms with Gasteiger partial charge < -0.3 is 25.7 Å². The molecule has 0 aliphatic carbocycles. The van der Waals surface area contributed by atoms with E-state index in [-0.39, 0.29) is 11.7 Å². The predicted molar refractivity (Wildman–Crippen MR) is 74.5 cm³/mol. The van der Waals surface area contributed by atoms with Crippen molar-refractivity contribution in [1.29, 1.82) is 0 Å². The summed E-state index contributed by atoms with van der Waals surface area (Å²) in [6, 6.07) is 4.34. The number of nitrogens with one attached hydrogen (secondary N) is 1. The molecule has 1 unspecified atom stereocenters. The van der Waals surface area contributed by atoms with Crippen molar-refractivity contribution >= 4 is 11.7 Å². The predicted octanol–water partition coefficient (Wildman–Crippen LogP) is 0.959. The number of ether oxygens (including phenoxy) is 2. The SMILES string of the molecule is CCC(NC(=O)c1cc(OC)ccc1OC)C(N)=NO. The molecule has 0 fully saturated rings. The highest BCUT2D eigenvalue weighted by Crippen LogP contribution is 2.23. The molecule has 110 valence electrons. The van der Waals surface area contributed by atoms with E-state index in [1.54, 1.807) is 18.2 Å². The number of benzene rings is 1. The monoisotopic (exact) mass is 281 g/mol. The number of rotatable bonds is 6. The average molecular weight is 281 g/mol. The van der Waals surface area contributed by atoms with Gasteiger partial charge in [-0.25, -0.2) is 0 Å². The van der Waals surface area contributed by atoms with E-state index in [2.05, 4.69) is 10.5 Å². The number of carbonyl (C=O) groups excluding carboxylic acids is 1. The first-order chi connectivity index (χ1) is 9.57. The maximum absolute atomic E-state index is 12.2. The van der Waals surface area contributed by atoms with Gasteiger partial charge in [0.15, 0.2) is 5.84 Å². The number of carbonyl (C=O) groups is 1. The zero-order valence-electron chi connectivity index (χ0n) is 11.7. The fourth-order valence-electron chi connectivity index (χ4n) is 1.68. The normalized spacial score (nSPS) is 12.7. The molecule has 0 aromatic heterocycles. The average Bonchev–Trinajstić information content (AvgIpc) is 2.50. The molecule has 7 nitrogen and oxygen atoms in total. The van der Waals surface area contributed by atoms with Gasteiger partial charge in [-0.1, -0.05) is 12.1 Å². The summed E-state index contributed by atoms with van der Waals surface area (Å²) in [7, 11) is 2.98. The van der Waals surface area contributed by atoms with E-state index in [9.17, 15) is 4.79 Å². The zero-order valence-corrected chi connectivity index (χ0v) is 11.7. The molecule has 1 amide bonds. The van der Waals surface area contributed by atoms with Gasteiger partial charge in [-0.15, -0.1) is 0 Å². The zero-order chi connectivity index (χ0) is 15.1. The second kappa shape index (κ2) is 7.22. The van der Waals surface area contributed by atoms with Gasteiger partial charge in [0, 0.05) is 0 Å². The maximum atomic E-state index is 12.2. The molecule has 0 saturated heterocycles. The minimum absolute atomic E-state index is 0.0530. The van der Waals surface area contributed by atoms with Crippen molar-refractivity contribution in [2.24, 2.45) is 10.9 Å². The number of nitrogens with two attached hydrogens (primary N) is 1. The van der Waals surface area contributed by atoms with Gasteiger partial charge in [0.25, 0.3) is 5.91 Å². The molecule has 0 radical (unpaired) electrons. The number of amides is 1. The van der Waals surface area contributed by atoms with Crippen LogP contribution in [0.25, 0.3) is 0 Å². The van der Waals surface area contributed by atoms with E-state index in [1.165, 1.54) is 14.2 Å². The Bertz CT molecular complexity index is 502. The van der Waals surface area contributed by atoms with Gasteiger partial charge >= 0.3 is 0 Å². The number of oxime groups is 1. The van der Waals surface area contributed by atoms with E-state index >= 15 is 0 Å². The molecule has 1 aromatic rings. The number of nitrogens with zero attached hydrogens (tertiary/aromatic N) is 1. The molecular weight excluding hydrogens is 262 g/mol. The third-order valence-electron chi connectivity index (χ3n) is 2.84. The molecule has 0 bridgehead atoms. The minimum atomic E-state index is -0.552. The second-order valence-electron chi connectivity index (χ2n) is 4.03. The highest BCUT2D eigenvalue weighted by molar-refractivity contribution is 6.00. The topological polar surface area (TPSA) is 106 Å². The Kier molecular flexibility index (Phi) is 5.64. The van der Waals surface area contributed by atoms with E-state index < -0.39 is 6.04 Å². The van der Waals surface area contributed by atoms with Crippen molar-refractivity contribution in [3.05, 3.63) is 23.8 Å². The first kappa shape index (κ1) is 15.6. The van der Waals surface area contributed by atoms with Crippen molar-refractivity contribution in [3.8, 4) is 11.5 Å². The van der Waals surface area contributed by atoms with Crippen molar-refractivity contribution in [2.45, 2.75) is 19.4 Å². The largest absolute Gasteiger partial charge is 0.497 e. The van der Waals surface area contributed by atoms with Crippen LogP contribution in [0, 0.1) is 0 Å². The molecule has 0 heterocycles. The van der Waals surface area contributed by atoms with Crippen molar-refractivity contribution in [2.75, 3.05) is 14.2 Å². The molecule has 1 aromatic carbocycles. The molecule has 4 N–H and O–H groups in total. The van der Waals surface area contributed by atoms with Crippen LogP contribution in [-0.2, 0) is 0 Å². The molecule has 0 spiro atoms. The fourth-order valence-corrected chi connectivity index (χ4v) is 1.68. The van der Waals surface area contributed by atoms with Crippen LogP contribution in [-0.4, -0.2) is 37.2 Å². The van der Waals surface area contributed by atoms with Crippen LogP contribution < -0.4 is 20.5 Å². The number of amidine groups is 1. The maximum Gasteiger partial charge on any atom is 0.255 e.